The summed E-state index contributed by atoms with van der Waals surface area (Å²) < 4.78 is 24.6. The molecule has 6 nitrogen and oxygen atoms in total. The summed E-state index contributed by atoms with van der Waals surface area (Å²) in [4.78, 5) is 24.0. The Morgan fingerprint density at radius 3 is 2.24 bits per heavy atom. The van der Waals surface area contributed by atoms with Crippen molar-refractivity contribution in [1.29, 1.82) is 0 Å². The Balaban J connectivity index is 2.08. The second-order valence-corrected chi connectivity index (χ2v) is 7.85. The quantitative estimate of drug-likeness (QED) is 0.763. The van der Waals surface area contributed by atoms with Crippen LogP contribution in [0.3, 0.4) is 0 Å². The molecule has 0 aliphatic rings. The minimum absolute atomic E-state index is 0.136. The number of rotatable bonds is 7. The van der Waals surface area contributed by atoms with Crippen molar-refractivity contribution in [3.05, 3.63) is 65.2 Å². The van der Waals surface area contributed by atoms with E-state index >= 15 is 0 Å². The fourth-order valence-electron chi connectivity index (χ4n) is 2.19. The predicted molar refractivity (Wildman–Crippen MR) is 95.0 cm³/mol. The Morgan fingerprint density at radius 1 is 1.04 bits per heavy atom. The molecule has 0 fully saturated rings. The summed E-state index contributed by atoms with van der Waals surface area (Å²) in [5.74, 6) is -1.73. The molecule has 132 valence electrons. The van der Waals surface area contributed by atoms with Gasteiger partial charge < -0.3 is 11.1 Å². The van der Waals surface area contributed by atoms with Crippen molar-refractivity contribution in [2.45, 2.75) is 17.4 Å². The fourth-order valence-corrected chi connectivity index (χ4v) is 3.76. The molecule has 0 heterocycles. The third-order valence-corrected chi connectivity index (χ3v) is 5.64. The fraction of sp³-hybridized carbons (Fsp3) is 0.176. The molecule has 0 aromatic heterocycles. The van der Waals surface area contributed by atoms with Crippen molar-refractivity contribution in [3.63, 3.8) is 0 Å². The molecule has 0 radical (unpaired) electrons. The van der Waals surface area contributed by atoms with Crippen LogP contribution >= 0.6 is 11.6 Å². The molecule has 0 saturated heterocycles. The van der Waals surface area contributed by atoms with Crippen LogP contribution in [0.2, 0.25) is 5.02 Å². The molecule has 2 amide bonds. The van der Waals surface area contributed by atoms with Crippen LogP contribution in [0, 0.1) is 0 Å². The first-order valence-electron chi connectivity index (χ1n) is 7.44. The number of amides is 2. The molecule has 0 unspecified atom stereocenters. The van der Waals surface area contributed by atoms with Gasteiger partial charge in [-0.2, -0.15) is 0 Å². The molecule has 0 spiro atoms. The maximum atomic E-state index is 12.3. The van der Waals surface area contributed by atoms with Gasteiger partial charge in [-0.1, -0.05) is 41.9 Å². The summed E-state index contributed by atoms with van der Waals surface area (Å²) in [7, 11) is -3.58. The number of carbonyl (C=O) groups excluding carboxylic acids is 2. The van der Waals surface area contributed by atoms with E-state index in [0.717, 1.165) is 0 Å². The van der Waals surface area contributed by atoms with Gasteiger partial charge >= 0.3 is 0 Å². The topological polar surface area (TPSA) is 106 Å². The predicted octanol–water partition coefficient (Wildman–Crippen LogP) is 1.79. The molecule has 2 rings (SSSR count). The lowest BCUT2D eigenvalue weighted by molar-refractivity contribution is -0.119. The number of carbonyl (C=O) groups is 2. The summed E-state index contributed by atoms with van der Waals surface area (Å²) >= 11 is 5.94. The van der Waals surface area contributed by atoms with E-state index in [1.165, 1.54) is 24.3 Å². The number of hydrogen-bond acceptors (Lipinski definition) is 4. The average molecular weight is 381 g/mol. The summed E-state index contributed by atoms with van der Waals surface area (Å²) in [5.41, 5.74) is 5.47. The third kappa shape index (κ3) is 5.04. The first kappa shape index (κ1) is 19.0. The van der Waals surface area contributed by atoms with Gasteiger partial charge in [0.2, 0.25) is 5.91 Å². The molecule has 0 aliphatic carbocycles. The van der Waals surface area contributed by atoms with Gasteiger partial charge in [-0.25, -0.2) is 8.42 Å². The van der Waals surface area contributed by atoms with Crippen molar-refractivity contribution in [1.82, 2.24) is 5.32 Å². The zero-order valence-electron chi connectivity index (χ0n) is 13.2. The molecule has 2 aromatic carbocycles. The SMILES string of the molecule is NC(=O)[C@H](CCS(=O)(=O)c1ccccc1)NC(=O)c1ccccc1Cl. The Labute approximate surface area is 150 Å². The summed E-state index contributed by atoms with van der Waals surface area (Å²) in [6.45, 7) is 0. The molecular formula is C17H17ClN2O4S. The van der Waals surface area contributed by atoms with Gasteiger partial charge in [0.1, 0.15) is 6.04 Å². The maximum absolute atomic E-state index is 12.3. The largest absolute Gasteiger partial charge is 0.368 e. The maximum Gasteiger partial charge on any atom is 0.253 e. The minimum atomic E-state index is -3.58. The van der Waals surface area contributed by atoms with Gasteiger partial charge in [0.25, 0.3) is 5.91 Å². The standard InChI is InChI=1S/C17H17ClN2O4S/c18-14-9-5-4-8-13(14)17(22)20-15(16(19)21)10-11-25(23,24)12-6-2-1-3-7-12/h1-9,15H,10-11H2,(H2,19,21)(H,20,22)/t15-/m0/s1. The Kier molecular flexibility index (Phi) is 6.17. The van der Waals surface area contributed by atoms with Gasteiger partial charge in [0.05, 0.1) is 21.2 Å². The average Bonchev–Trinajstić information content (AvgIpc) is 2.59. The highest BCUT2D eigenvalue weighted by Gasteiger charge is 2.23. The van der Waals surface area contributed by atoms with E-state index in [1.54, 1.807) is 30.3 Å². The van der Waals surface area contributed by atoms with Gasteiger partial charge in [0.15, 0.2) is 9.84 Å². The van der Waals surface area contributed by atoms with Crippen LogP contribution in [0.25, 0.3) is 0 Å². The van der Waals surface area contributed by atoms with Crippen molar-refractivity contribution in [2.24, 2.45) is 5.73 Å². The van der Waals surface area contributed by atoms with Crippen molar-refractivity contribution >= 4 is 33.3 Å². The highest BCUT2D eigenvalue weighted by molar-refractivity contribution is 7.91. The smallest absolute Gasteiger partial charge is 0.253 e. The van der Waals surface area contributed by atoms with E-state index in [9.17, 15) is 18.0 Å². The third-order valence-electron chi connectivity index (χ3n) is 3.54. The highest BCUT2D eigenvalue weighted by Crippen LogP contribution is 2.16. The zero-order chi connectivity index (χ0) is 18.4. The number of halogens is 1. The number of hydrogen-bond donors (Lipinski definition) is 2. The Hall–Kier alpha value is -2.38. The molecular weight excluding hydrogens is 364 g/mol. The first-order chi connectivity index (χ1) is 11.8. The molecule has 8 heteroatoms. The molecule has 0 saturated carbocycles. The molecule has 1 atom stereocenters. The molecule has 0 aliphatic heterocycles. The van der Waals surface area contributed by atoms with E-state index in [2.05, 4.69) is 5.32 Å². The van der Waals surface area contributed by atoms with Crippen LogP contribution in [0.1, 0.15) is 16.8 Å². The zero-order valence-corrected chi connectivity index (χ0v) is 14.8. The molecule has 3 N–H and O–H groups in total. The number of benzene rings is 2. The van der Waals surface area contributed by atoms with Gasteiger partial charge in [-0.3, -0.25) is 9.59 Å². The van der Waals surface area contributed by atoms with Crippen LogP contribution in [0.15, 0.2) is 59.5 Å². The number of nitrogens with two attached hydrogens (primary N) is 1. The van der Waals surface area contributed by atoms with Crippen molar-refractivity contribution < 1.29 is 18.0 Å². The highest BCUT2D eigenvalue weighted by atomic mass is 35.5. The van der Waals surface area contributed by atoms with Crippen LogP contribution in [0.4, 0.5) is 0 Å². The lowest BCUT2D eigenvalue weighted by Crippen LogP contribution is -2.45. The van der Waals surface area contributed by atoms with Crippen LogP contribution in [0.5, 0.6) is 0 Å². The van der Waals surface area contributed by atoms with Gasteiger partial charge in [-0.15, -0.1) is 0 Å². The van der Waals surface area contributed by atoms with Gasteiger partial charge in [-0.05, 0) is 30.7 Å². The van der Waals surface area contributed by atoms with E-state index in [1.807, 2.05) is 0 Å². The monoisotopic (exact) mass is 380 g/mol. The van der Waals surface area contributed by atoms with Crippen LogP contribution in [-0.4, -0.2) is 32.0 Å². The number of nitrogens with one attached hydrogen (secondary N) is 1. The first-order valence-corrected chi connectivity index (χ1v) is 9.47. The minimum Gasteiger partial charge on any atom is -0.368 e. The Morgan fingerprint density at radius 2 is 1.64 bits per heavy atom. The van der Waals surface area contributed by atoms with Gasteiger partial charge in [0, 0.05) is 0 Å². The molecule has 25 heavy (non-hydrogen) atoms. The van der Waals surface area contributed by atoms with E-state index in [4.69, 9.17) is 17.3 Å². The number of primary amides is 1. The summed E-state index contributed by atoms with van der Waals surface area (Å²) in [5, 5.41) is 2.66. The second kappa shape index (κ2) is 8.13. The second-order valence-electron chi connectivity index (χ2n) is 5.33. The van der Waals surface area contributed by atoms with E-state index in [-0.39, 0.29) is 27.7 Å². The number of sulfone groups is 1. The normalized spacial score (nSPS) is 12.4. The van der Waals surface area contributed by atoms with E-state index in [0.29, 0.717) is 0 Å². The van der Waals surface area contributed by atoms with Crippen LogP contribution < -0.4 is 11.1 Å². The summed E-state index contributed by atoms with van der Waals surface area (Å²) in [6, 6.07) is 13.1. The Bertz CT molecular complexity index is 869. The van der Waals surface area contributed by atoms with E-state index < -0.39 is 27.7 Å². The lowest BCUT2D eigenvalue weighted by Gasteiger charge is -2.16. The van der Waals surface area contributed by atoms with Crippen molar-refractivity contribution in [3.8, 4) is 0 Å². The van der Waals surface area contributed by atoms with Crippen molar-refractivity contribution in [2.75, 3.05) is 5.75 Å². The van der Waals surface area contributed by atoms with Crippen LogP contribution in [-0.2, 0) is 14.6 Å². The lowest BCUT2D eigenvalue weighted by atomic mass is 10.1. The summed E-state index contributed by atoms with van der Waals surface area (Å²) in [6.07, 6.45) is -0.136. The molecule has 0 bridgehead atoms. The molecule has 2 aromatic rings.